The van der Waals surface area contributed by atoms with Gasteiger partial charge < -0.3 is 27.8 Å². The molecule has 2 aromatic rings. The monoisotopic (exact) mass is 297 g/mol. The van der Waals surface area contributed by atoms with Gasteiger partial charge in [-0.15, -0.1) is 0 Å². The summed E-state index contributed by atoms with van der Waals surface area (Å²) in [7, 11) is 0. The molecule has 8 N–H and O–H groups in total. The molecule has 116 valence electrons. The number of nitrogen functional groups attached to an aromatic ring is 3. The van der Waals surface area contributed by atoms with Crippen LogP contribution in [0.1, 0.15) is 18.1 Å². The largest absolute Gasteiger partial charge is 0.399 e. The Labute approximate surface area is 130 Å². The highest BCUT2D eigenvalue weighted by Gasteiger charge is 2.18. The summed E-state index contributed by atoms with van der Waals surface area (Å²) < 4.78 is 0. The molecule has 5 nitrogen and oxygen atoms in total. The minimum Gasteiger partial charge on any atom is -0.399 e. The van der Waals surface area contributed by atoms with Crippen LogP contribution in [0, 0.1) is 0 Å². The quantitative estimate of drug-likeness (QED) is 0.481. The van der Waals surface area contributed by atoms with E-state index in [1.807, 2.05) is 18.2 Å². The van der Waals surface area contributed by atoms with Gasteiger partial charge in [0.25, 0.3) is 0 Å². The van der Waals surface area contributed by atoms with Crippen molar-refractivity contribution in [1.82, 2.24) is 0 Å². The first kappa shape index (κ1) is 14.4. The van der Waals surface area contributed by atoms with E-state index < -0.39 is 0 Å². The van der Waals surface area contributed by atoms with Gasteiger partial charge in [-0.1, -0.05) is 12.1 Å². The summed E-state index contributed by atoms with van der Waals surface area (Å²) in [6.07, 6.45) is 2.13. The normalized spacial score (nSPS) is 17.6. The van der Waals surface area contributed by atoms with Crippen LogP contribution >= 0.6 is 0 Å². The first-order valence-electron chi connectivity index (χ1n) is 7.60. The Morgan fingerprint density at radius 3 is 2.59 bits per heavy atom. The van der Waals surface area contributed by atoms with Gasteiger partial charge in [0.1, 0.15) is 0 Å². The van der Waals surface area contributed by atoms with Crippen LogP contribution in [0.25, 0.3) is 0 Å². The van der Waals surface area contributed by atoms with E-state index in [4.69, 9.17) is 17.2 Å². The minimum atomic E-state index is 0.476. The summed E-state index contributed by atoms with van der Waals surface area (Å²) in [6, 6.07) is 10.3. The summed E-state index contributed by atoms with van der Waals surface area (Å²) in [4.78, 5) is 0. The number of fused-ring (bicyclic) bond motifs is 2. The predicted octanol–water partition coefficient (Wildman–Crippen LogP) is 2.44. The van der Waals surface area contributed by atoms with Crippen LogP contribution < -0.4 is 27.8 Å². The zero-order valence-corrected chi connectivity index (χ0v) is 12.8. The lowest BCUT2D eigenvalue weighted by Gasteiger charge is -2.06. The van der Waals surface area contributed by atoms with Crippen molar-refractivity contribution in [1.29, 1.82) is 0 Å². The summed E-state index contributed by atoms with van der Waals surface area (Å²) in [5.41, 5.74) is 24.3. The Morgan fingerprint density at radius 2 is 1.82 bits per heavy atom. The molecule has 0 saturated carbocycles. The third-order valence-corrected chi connectivity index (χ3v) is 4.07. The Balaban J connectivity index is 0.000000133. The van der Waals surface area contributed by atoms with E-state index in [9.17, 15) is 0 Å². The second kappa shape index (κ2) is 5.67. The van der Waals surface area contributed by atoms with Crippen molar-refractivity contribution in [3.05, 3.63) is 41.5 Å². The van der Waals surface area contributed by atoms with E-state index in [0.717, 1.165) is 47.8 Å². The second-order valence-electron chi connectivity index (χ2n) is 5.95. The van der Waals surface area contributed by atoms with Crippen LogP contribution in [-0.2, 0) is 12.8 Å². The molecular formula is C17H23N5. The van der Waals surface area contributed by atoms with Crippen molar-refractivity contribution in [2.45, 2.75) is 25.8 Å². The van der Waals surface area contributed by atoms with Gasteiger partial charge in [0.05, 0.1) is 22.7 Å². The number of benzene rings is 2. The SMILES string of the molecule is CC1Cc2cc(N)cc(N)c2N1.Nc1cccc2c1NCC2. The number of nitrogens with one attached hydrogen (secondary N) is 2. The van der Waals surface area contributed by atoms with Crippen molar-refractivity contribution >= 4 is 28.4 Å². The fourth-order valence-electron chi connectivity index (χ4n) is 3.08. The van der Waals surface area contributed by atoms with E-state index in [0.29, 0.717) is 6.04 Å². The fraction of sp³-hybridized carbons (Fsp3) is 0.294. The van der Waals surface area contributed by atoms with Crippen LogP contribution in [-0.4, -0.2) is 12.6 Å². The maximum atomic E-state index is 5.79. The Bertz CT molecular complexity index is 696. The number of hydrogen-bond donors (Lipinski definition) is 5. The molecule has 0 radical (unpaired) electrons. The first-order valence-corrected chi connectivity index (χ1v) is 7.60. The molecule has 2 aliphatic rings. The molecule has 0 aliphatic carbocycles. The van der Waals surface area contributed by atoms with Crippen LogP contribution in [0.5, 0.6) is 0 Å². The summed E-state index contributed by atoms with van der Waals surface area (Å²) >= 11 is 0. The molecule has 0 aromatic heterocycles. The van der Waals surface area contributed by atoms with Gasteiger partial charge >= 0.3 is 0 Å². The lowest BCUT2D eigenvalue weighted by atomic mass is 10.1. The van der Waals surface area contributed by atoms with Gasteiger partial charge in [0.2, 0.25) is 0 Å². The third-order valence-electron chi connectivity index (χ3n) is 4.07. The zero-order valence-electron chi connectivity index (χ0n) is 12.8. The summed E-state index contributed by atoms with van der Waals surface area (Å²) in [5.74, 6) is 0. The molecule has 2 aliphatic heterocycles. The highest BCUT2D eigenvalue weighted by Crippen LogP contribution is 2.33. The highest BCUT2D eigenvalue weighted by atomic mass is 15.0. The third kappa shape index (κ3) is 2.74. The molecule has 1 unspecified atom stereocenters. The van der Waals surface area contributed by atoms with Crippen LogP contribution in [0.15, 0.2) is 30.3 Å². The average molecular weight is 297 g/mol. The maximum Gasteiger partial charge on any atom is 0.0610 e. The standard InChI is InChI=1S/C9H13N3.C8H10N2/c1-5-2-6-3-7(10)4-8(11)9(6)12-5;9-7-3-1-2-6-4-5-10-8(6)7/h3-5,12H,2,10-11H2,1H3;1-3,10H,4-5,9H2. The maximum absolute atomic E-state index is 5.79. The van der Waals surface area contributed by atoms with E-state index in [-0.39, 0.29) is 0 Å². The van der Waals surface area contributed by atoms with E-state index in [1.54, 1.807) is 6.07 Å². The predicted molar refractivity (Wildman–Crippen MR) is 95.1 cm³/mol. The smallest absolute Gasteiger partial charge is 0.0610 e. The first-order chi connectivity index (χ1) is 10.5. The number of anilines is 5. The van der Waals surface area contributed by atoms with Gasteiger partial charge in [0.15, 0.2) is 0 Å². The summed E-state index contributed by atoms with van der Waals surface area (Å²) in [5, 5.41) is 6.56. The van der Waals surface area contributed by atoms with Crippen molar-refractivity contribution in [2.75, 3.05) is 34.4 Å². The van der Waals surface area contributed by atoms with Crippen LogP contribution in [0.3, 0.4) is 0 Å². The molecule has 2 aromatic carbocycles. The van der Waals surface area contributed by atoms with Crippen molar-refractivity contribution in [3.63, 3.8) is 0 Å². The molecule has 0 saturated heterocycles. The topological polar surface area (TPSA) is 102 Å². The van der Waals surface area contributed by atoms with Gasteiger partial charge in [-0.05, 0) is 49.1 Å². The molecule has 0 spiro atoms. The molecule has 0 fully saturated rings. The number of hydrogen-bond acceptors (Lipinski definition) is 5. The zero-order chi connectivity index (χ0) is 15.7. The van der Waals surface area contributed by atoms with E-state index >= 15 is 0 Å². The number of rotatable bonds is 0. The van der Waals surface area contributed by atoms with Crippen molar-refractivity contribution < 1.29 is 0 Å². The molecule has 4 rings (SSSR count). The highest BCUT2D eigenvalue weighted by molar-refractivity contribution is 5.77. The van der Waals surface area contributed by atoms with Gasteiger partial charge in [-0.2, -0.15) is 0 Å². The molecule has 2 heterocycles. The average Bonchev–Trinajstić information content (AvgIpc) is 3.06. The Hall–Kier alpha value is -2.56. The van der Waals surface area contributed by atoms with Crippen LogP contribution in [0.4, 0.5) is 28.4 Å². The number of nitrogens with two attached hydrogens (primary N) is 3. The minimum absolute atomic E-state index is 0.476. The van der Waals surface area contributed by atoms with E-state index in [2.05, 4.69) is 23.6 Å². The Morgan fingerprint density at radius 1 is 1.00 bits per heavy atom. The number of para-hydroxylation sites is 1. The fourth-order valence-corrected chi connectivity index (χ4v) is 3.08. The second-order valence-corrected chi connectivity index (χ2v) is 5.95. The van der Waals surface area contributed by atoms with Crippen LogP contribution in [0.2, 0.25) is 0 Å². The van der Waals surface area contributed by atoms with Crippen molar-refractivity contribution in [3.8, 4) is 0 Å². The molecule has 0 bridgehead atoms. The Kier molecular flexibility index (Phi) is 3.71. The van der Waals surface area contributed by atoms with Gasteiger partial charge in [0, 0.05) is 18.3 Å². The van der Waals surface area contributed by atoms with Gasteiger partial charge in [-0.25, -0.2) is 0 Å². The lowest BCUT2D eigenvalue weighted by molar-refractivity contribution is 0.839. The summed E-state index contributed by atoms with van der Waals surface area (Å²) in [6.45, 7) is 3.17. The molecule has 1 atom stereocenters. The molecule has 0 amide bonds. The lowest BCUT2D eigenvalue weighted by Crippen LogP contribution is -2.09. The van der Waals surface area contributed by atoms with E-state index in [1.165, 1.54) is 11.1 Å². The van der Waals surface area contributed by atoms with Crippen molar-refractivity contribution in [2.24, 2.45) is 0 Å². The molecular weight excluding hydrogens is 274 g/mol. The van der Waals surface area contributed by atoms with Gasteiger partial charge in [-0.3, -0.25) is 0 Å². The molecule has 5 heteroatoms. The molecule has 22 heavy (non-hydrogen) atoms.